The lowest BCUT2D eigenvalue weighted by molar-refractivity contribution is -0.123. The van der Waals surface area contributed by atoms with E-state index in [1.54, 1.807) is 0 Å². The van der Waals surface area contributed by atoms with Crippen molar-refractivity contribution in [1.29, 1.82) is 0 Å². The standard InChI is InChI=1S/C25H37N5O/c1-17-8-10-18(11-9-17)16-23(31)26-19-12-14-20(15-13-19)27-25-28-22-7-5-4-6-21(22)24(29-25)30(2)3/h4-7,17-20H,8-16H2,1-3H3,(H,26,31)(H,27,28,29)/t17?,18?,19-,20+. The highest BCUT2D eigenvalue weighted by atomic mass is 16.1. The van der Waals surface area contributed by atoms with E-state index in [9.17, 15) is 4.79 Å². The molecule has 2 N–H and O–H groups in total. The van der Waals surface area contributed by atoms with Gasteiger partial charge in [-0.2, -0.15) is 4.98 Å². The molecule has 2 aliphatic rings. The maximum absolute atomic E-state index is 12.5. The first-order valence-electron chi connectivity index (χ1n) is 12.0. The molecule has 0 spiro atoms. The summed E-state index contributed by atoms with van der Waals surface area (Å²) >= 11 is 0. The van der Waals surface area contributed by atoms with E-state index in [1.807, 2.05) is 37.2 Å². The van der Waals surface area contributed by atoms with Gasteiger partial charge in [-0.3, -0.25) is 4.79 Å². The molecule has 0 bridgehead atoms. The Morgan fingerprint density at radius 2 is 1.65 bits per heavy atom. The number of fused-ring (bicyclic) bond motifs is 1. The summed E-state index contributed by atoms with van der Waals surface area (Å²) in [5, 5.41) is 7.92. The van der Waals surface area contributed by atoms with Gasteiger partial charge in [0.2, 0.25) is 11.9 Å². The van der Waals surface area contributed by atoms with Crippen molar-refractivity contribution >= 4 is 28.6 Å². The number of carbonyl (C=O) groups excluding carboxylic acids is 1. The van der Waals surface area contributed by atoms with Gasteiger partial charge in [0.25, 0.3) is 0 Å². The highest BCUT2D eigenvalue weighted by Gasteiger charge is 2.25. The van der Waals surface area contributed by atoms with E-state index in [2.05, 4.69) is 23.6 Å². The Kier molecular flexibility index (Phi) is 6.93. The van der Waals surface area contributed by atoms with E-state index in [4.69, 9.17) is 9.97 Å². The summed E-state index contributed by atoms with van der Waals surface area (Å²) in [7, 11) is 4.03. The van der Waals surface area contributed by atoms with Crippen molar-refractivity contribution in [3.63, 3.8) is 0 Å². The van der Waals surface area contributed by atoms with Crippen molar-refractivity contribution in [2.45, 2.75) is 76.8 Å². The number of para-hydroxylation sites is 1. The molecule has 4 rings (SSSR count). The number of nitrogens with one attached hydrogen (secondary N) is 2. The third-order valence-electron chi connectivity index (χ3n) is 7.04. The molecule has 0 atom stereocenters. The molecule has 1 amide bonds. The second kappa shape index (κ2) is 9.84. The van der Waals surface area contributed by atoms with Gasteiger partial charge in [0.15, 0.2) is 0 Å². The summed E-state index contributed by atoms with van der Waals surface area (Å²) in [6, 6.07) is 8.80. The fourth-order valence-electron chi connectivity index (χ4n) is 5.11. The van der Waals surface area contributed by atoms with Crippen molar-refractivity contribution in [2.24, 2.45) is 11.8 Å². The Bertz CT molecular complexity index is 883. The van der Waals surface area contributed by atoms with E-state index in [1.165, 1.54) is 25.7 Å². The third kappa shape index (κ3) is 5.66. The van der Waals surface area contributed by atoms with Gasteiger partial charge in [0.05, 0.1) is 5.52 Å². The SMILES string of the molecule is CC1CCC(CC(=O)N[C@H]2CC[C@@H](Nc3nc(N(C)C)c4ccccc4n3)CC2)CC1. The number of aromatic nitrogens is 2. The quantitative estimate of drug-likeness (QED) is 0.701. The van der Waals surface area contributed by atoms with E-state index in [0.29, 0.717) is 30.4 Å². The molecule has 6 heteroatoms. The Morgan fingerprint density at radius 1 is 0.968 bits per heavy atom. The molecule has 0 radical (unpaired) electrons. The molecule has 31 heavy (non-hydrogen) atoms. The van der Waals surface area contributed by atoms with Gasteiger partial charge < -0.3 is 15.5 Å². The van der Waals surface area contributed by atoms with Gasteiger partial charge in [0, 0.05) is 38.0 Å². The predicted molar refractivity (Wildman–Crippen MR) is 127 cm³/mol. The summed E-state index contributed by atoms with van der Waals surface area (Å²) in [5.41, 5.74) is 0.960. The molecule has 6 nitrogen and oxygen atoms in total. The first-order chi connectivity index (χ1) is 15.0. The molecule has 1 aromatic heterocycles. The van der Waals surface area contributed by atoms with Crippen molar-refractivity contribution in [1.82, 2.24) is 15.3 Å². The zero-order valence-corrected chi connectivity index (χ0v) is 19.2. The lowest BCUT2D eigenvalue weighted by atomic mass is 9.81. The number of rotatable bonds is 6. The maximum atomic E-state index is 12.5. The maximum Gasteiger partial charge on any atom is 0.225 e. The van der Waals surface area contributed by atoms with Crippen LogP contribution in [0.15, 0.2) is 24.3 Å². The van der Waals surface area contributed by atoms with Crippen molar-refractivity contribution < 1.29 is 4.79 Å². The molecule has 1 aromatic carbocycles. The predicted octanol–water partition coefficient (Wildman–Crippen LogP) is 4.75. The minimum Gasteiger partial charge on any atom is -0.362 e. The van der Waals surface area contributed by atoms with Crippen LogP contribution < -0.4 is 15.5 Å². The zero-order chi connectivity index (χ0) is 21.8. The smallest absolute Gasteiger partial charge is 0.225 e. The first kappa shape index (κ1) is 21.8. The van der Waals surface area contributed by atoms with Crippen LogP contribution in [0.4, 0.5) is 11.8 Å². The number of amides is 1. The Hall–Kier alpha value is -2.37. The van der Waals surface area contributed by atoms with Crippen LogP contribution in [0.25, 0.3) is 10.9 Å². The number of hydrogen-bond donors (Lipinski definition) is 2. The monoisotopic (exact) mass is 423 g/mol. The molecule has 1 heterocycles. The molecule has 0 saturated heterocycles. The first-order valence-corrected chi connectivity index (χ1v) is 12.0. The second-order valence-corrected chi connectivity index (χ2v) is 9.87. The van der Waals surface area contributed by atoms with Crippen molar-refractivity contribution in [3.8, 4) is 0 Å². The molecule has 2 aromatic rings. The Balaban J connectivity index is 1.28. The second-order valence-electron chi connectivity index (χ2n) is 9.87. The third-order valence-corrected chi connectivity index (χ3v) is 7.04. The molecular weight excluding hydrogens is 386 g/mol. The summed E-state index contributed by atoms with van der Waals surface area (Å²) in [6.07, 6.45) is 9.78. The molecule has 2 fully saturated rings. The fourth-order valence-corrected chi connectivity index (χ4v) is 5.11. The minimum absolute atomic E-state index is 0.254. The largest absolute Gasteiger partial charge is 0.362 e. The average Bonchev–Trinajstić information content (AvgIpc) is 2.76. The highest BCUT2D eigenvalue weighted by molar-refractivity contribution is 5.90. The van der Waals surface area contributed by atoms with E-state index >= 15 is 0 Å². The normalized spacial score (nSPS) is 26.4. The summed E-state index contributed by atoms with van der Waals surface area (Å²) in [6.45, 7) is 2.33. The van der Waals surface area contributed by atoms with Crippen LogP contribution >= 0.6 is 0 Å². The number of anilines is 2. The van der Waals surface area contributed by atoms with Crippen LogP contribution in [0.3, 0.4) is 0 Å². The molecule has 0 aliphatic heterocycles. The molecule has 2 aliphatic carbocycles. The van der Waals surface area contributed by atoms with Crippen LogP contribution in [0, 0.1) is 11.8 Å². The van der Waals surface area contributed by atoms with Crippen molar-refractivity contribution in [3.05, 3.63) is 24.3 Å². The lowest BCUT2D eigenvalue weighted by Gasteiger charge is -2.31. The molecular formula is C25H37N5O. The van der Waals surface area contributed by atoms with Gasteiger partial charge in [-0.05, 0) is 62.5 Å². The van der Waals surface area contributed by atoms with Crippen LogP contribution in [0.5, 0.6) is 0 Å². The van der Waals surface area contributed by atoms with E-state index in [-0.39, 0.29) is 5.91 Å². The van der Waals surface area contributed by atoms with Gasteiger partial charge in [-0.15, -0.1) is 0 Å². The van der Waals surface area contributed by atoms with Gasteiger partial charge in [0.1, 0.15) is 5.82 Å². The Labute approximate surface area is 186 Å². The molecule has 168 valence electrons. The van der Waals surface area contributed by atoms with E-state index < -0.39 is 0 Å². The number of nitrogens with zero attached hydrogens (tertiary/aromatic N) is 3. The van der Waals surface area contributed by atoms with Gasteiger partial charge in [-0.1, -0.05) is 31.9 Å². The Morgan fingerprint density at radius 3 is 2.35 bits per heavy atom. The van der Waals surface area contributed by atoms with Crippen LogP contribution in [0.1, 0.15) is 64.7 Å². The summed E-state index contributed by atoms with van der Waals surface area (Å²) < 4.78 is 0. The lowest BCUT2D eigenvalue weighted by Crippen LogP contribution is -2.41. The fraction of sp³-hybridized carbons (Fsp3) is 0.640. The van der Waals surface area contributed by atoms with Crippen molar-refractivity contribution in [2.75, 3.05) is 24.3 Å². The molecule has 0 unspecified atom stereocenters. The topological polar surface area (TPSA) is 70.2 Å². The zero-order valence-electron chi connectivity index (χ0n) is 19.2. The number of benzene rings is 1. The average molecular weight is 424 g/mol. The summed E-state index contributed by atoms with van der Waals surface area (Å²) in [4.78, 5) is 24.0. The van der Waals surface area contributed by atoms with E-state index in [0.717, 1.165) is 48.3 Å². The minimum atomic E-state index is 0.254. The number of hydrogen-bond acceptors (Lipinski definition) is 5. The van der Waals surface area contributed by atoms with Gasteiger partial charge in [-0.25, -0.2) is 4.98 Å². The highest BCUT2D eigenvalue weighted by Crippen LogP contribution is 2.31. The van der Waals surface area contributed by atoms with Gasteiger partial charge >= 0.3 is 0 Å². The van der Waals surface area contributed by atoms with Crippen LogP contribution in [-0.2, 0) is 4.79 Å². The van der Waals surface area contributed by atoms with Crippen LogP contribution in [0.2, 0.25) is 0 Å². The number of carbonyl (C=O) groups is 1. The molecule has 2 saturated carbocycles. The summed E-state index contributed by atoms with van der Waals surface area (Å²) in [5.74, 6) is 3.31. The van der Waals surface area contributed by atoms with Crippen LogP contribution in [-0.4, -0.2) is 42.1 Å².